The van der Waals surface area contributed by atoms with Crippen LogP contribution in [0.5, 0.6) is 0 Å². The number of rotatable bonds is 3. The highest BCUT2D eigenvalue weighted by Crippen LogP contribution is 2.39. The molecule has 2 aliphatic rings. The van der Waals surface area contributed by atoms with Gasteiger partial charge in [0.2, 0.25) is 0 Å². The number of hydrogen-bond acceptors (Lipinski definition) is 2. The lowest BCUT2D eigenvalue weighted by molar-refractivity contribution is 0.301. The van der Waals surface area contributed by atoms with Gasteiger partial charge in [-0.05, 0) is 49.8 Å². The maximum absolute atomic E-state index is 6.14. The van der Waals surface area contributed by atoms with E-state index in [0.29, 0.717) is 0 Å². The molecular formula is C18H28N2. The lowest BCUT2D eigenvalue weighted by Crippen LogP contribution is -2.37. The van der Waals surface area contributed by atoms with Crippen LogP contribution in [0.3, 0.4) is 0 Å². The van der Waals surface area contributed by atoms with Gasteiger partial charge < -0.3 is 10.6 Å². The van der Waals surface area contributed by atoms with Crippen LogP contribution in [0.4, 0.5) is 5.69 Å². The number of anilines is 1. The number of nitrogens with zero attached hydrogens (tertiary/aromatic N) is 1. The van der Waals surface area contributed by atoms with E-state index in [1.807, 2.05) is 0 Å². The van der Waals surface area contributed by atoms with Crippen LogP contribution >= 0.6 is 0 Å². The third-order valence-electron chi connectivity index (χ3n) is 5.40. The van der Waals surface area contributed by atoms with Crippen LogP contribution in [-0.4, -0.2) is 19.6 Å². The van der Waals surface area contributed by atoms with Gasteiger partial charge in [0.1, 0.15) is 0 Å². The summed E-state index contributed by atoms with van der Waals surface area (Å²) in [5.41, 5.74) is 9.28. The van der Waals surface area contributed by atoms with Gasteiger partial charge in [-0.25, -0.2) is 0 Å². The fraction of sp³-hybridized carbons (Fsp3) is 0.667. The molecule has 3 rings (SSSR count). The zero-order valence-electron chi connectivity index (χ0n) is 12.6. The van der Waals surface area contributed by atoms with E-state index in [9.17, 15) is 0 Å². The minimum atomic E-state index is 0.263. The van der Waals surface area contributed by atoms with E-state index in [0.717, 1.165) is 6.54 Å². The maximum atomic E-state index is 6.14. The van der Waals surface area contributed by atoms with E-state index in [1.54, 1.807) is 0 Å². The van der Waals surface area contributed by atoms with Crippen molar-refractivity contribution in [2.75, 3.05) is 24.5 Å². The second-order valence-electron chi connectivity index (χ2n) is 6.64. The summed E-state index contributed by atoms with van der Waals surface area (Å²) in [6.07, 6.45) is 10.7. The third kappa shape index (κ3) is 2.71. The second-order valence-corrected chi connectivity index (χ2v) is 6.64. The van der Waals surface area contributed by atoms with E-state index < -0.39 is 0 Å². The largest absolute Gasteiger partial charge is 0.372 e. The van der Waals surface area contributed by atoms with Crippen LogP contribution in [0.2, 0.25) is 0 Å². The molecule has 1 heterocycles. The van der Waals surface area contributed by atoms with Crippen molar-refractivity contribution in [2.45, 2.75) is 56.8 Å². The lowest BCUT2D eigenvalue weighted by Gasteiger charge is -2.37. The molecule has 1 saturated carbocycles. The molecule has 1 aromatic rings. The zero-order valence-corrected chi connectivity index (χ0v) is 12.6. The summed E-state index contributed by atoms with van der Waals surface area (Å²) >= 11 is 0. The van der Waals surface area contributed by atoms with Crippen molar-refractivity contribution >= 4 is 5.69 Å². The Kier molecular flexibility index (Phi) is 4.30. The molecule has 0 bridgehead atoms. The van der Waals surface area contributed by atoms with Gasteiger partial charge >= 0.3 is 0 Å². The highest BCUT2D eigenvalue weighted by molar-refractivity contribution is 5.49. The van der Waals surface area contributed by atoms with Gasteiger partial charge in [-0.15, -0.1) is 0 Å². The molecule has 0 amide bonds. The zero-order chi connectivity index (χ0) is 13.8. The topological polar surface area (TPSA) is 29.3 Å². The van der Waals surface area contributed by atoms with Crippen molar-refractivity contribution in [3.05, 3.63) is 29.8 Å². The van der Waals surface area contributed by atoms with Gasteiger partial charge in [0.15, 0.2) is 0 Å². The Balaban J connectivity index is 1.77. The SMILES string of the molecule is NCC1(c2ccc(N3CCCCC3)cc2)CCCCC1. The molecule has 110 valence electrons. The fourth-order valence-corrected chi connectivity index (χ4v) is 4.02. The van der Waals surface area contributed by atoms with E-state index in [-0.39, 0.29) is 5.41 Å². The van der Waals surface area contributed by atoms with Gasteiger partial charge in [0.05, 0.1) is 0 Å². The Hall–Kier alpha value is -1.02. The maximum Gasteiger partial charge on any atom is 0.0366 e. The normalized spacial score (nSPS) is 22.8. The Morgan fingerprint density at radius 3 is 2.05 bits per heavy atom. The first kappa shape index (κ1) is 13.9. The van der Waals surface area contributed by atoms with Gasteiger partial charge in [-0.1, -0.05) is 31.4 Å². The second kappa shape index (κ2) is 6.17. The summed E-state index contributed by atoms with van der Waals surface area (Å²) in [4.78, 5) is 2.53. The van der Waals surface area contributed by atoms with Crippen LogP contribution in [0.25, 0.3) is 0 Å². The molecule has 0 unspecified atom stereocenters. The average Bonchev–Trinajstić information content (AvgIpc) is 2.56. The van der Waals surface area contributed by atoms with Crippen molar-refractivity contribution in [3.8, 4) is 0 Å². The van der Waals surface area contributed by atoms with E-state index in [4.69, 9.17) is 5.73 Å². The molecule has 2 N–H and O–H groups in total. The summed E-state index contributed by atoms with van der Waals surface area (Å²) in [7, 11) is 0. The molecule has 1 saturated heterocycles. The van der Waals surface area contributed by atoms with Crippen molar-refractivity contribution < 1.29 is 0 Å². The van der Waals surface area contributed by atoms with Crippen molar-refractivity contribution in [1.29, 1.82) is 0 Å². The molecule has 0 radical (unpaired) electrons. The summed E-state index contributed by atoms with van der Waals surface area (Å²) in [6, 6.07) is 9.35. The van der Waals surface area contributed by atoms with Crippen LogP contribution in [-0.2, 0) is 5.41 Å². The van der Waals surface area contributed by atoms with E-state index in [2.05, 4.69) is 29.2 Å². The summed E-state index contributed by atoms with van der Waals surface area (Å²) in [6.45, 7) is 3.25. The molecule has 2 heteroatoms. The van der Waals surface area contributed by atoms with Gasteiger partial charge in [-0.3, -0.25) is 0 Å². The van der Waals surface area contributed by atoms with Gasteiger partial charge in [0.25, 0.3) is 0 Å². The number of benzene rings is 1. The number of hydrogen-bond donors (Lipinski definition) is 1. The highest BCUT2D eigenvalue weighted by atomic mass is 15.1. The third-order valence-corrected chi connectivity index (χ3v) is 5.40. The van der Waals surface area contributed by atoms with Crippen LogP contribution in [0.15, 0.2) is 24.3 Å². The Morgan fingerprint density at radius 1 is 0.850 bits per heavy atom. The first-order valence-electron chi connectivity index (χ1n) is 8.40. The fourth-order valence-electron chi connectivity index (χ4n) is 4.02. The molecule has 0 aromatic heterocycles. The van der Waals surface area contributed by atoms with Crippen LogP contribution in [0, 0.1) is 0 Å². The summed E-state index contributed by atoms with van der Waals surface area (Å²) in [5.74, 6) is 0. The first-order chi connectivity index (χ1) is 9.84. The van der Waals surface area contributed by atoms with Crippen LogP contribution < -0.4 is 10.6 Å². The van der Waals surface area contributed by atoms with Crippen LogP contribution in [0.1, 0.15) is 56.9 Å². The van der Waals surface area contributed by atoms with Crippen molar-refractivity contribution in [3.63, 3.8) is 0 Å². The predicted molar refractivity (Wildman–Crippen MR) is 86.3 cm³/mol. The molecular weight excluding hydrogens is 244 g/mol. The Labute approximate surface area is 123 Å². The van der Waals surface area contributed by atoms with Gasteiger partial charge in [-0.2, -0.15) is 0 Å². The first-order valence-corrected chi connectivity index (χ1v) is 8.40. The van der Waals surface area contributed by atoms with E-state index >= 15 is 0 Å². The van der Waals surface area contributed by atoms with Gasteiger partial charge in [0, 0.05) is 30.7 Å². The number of nitrogens with two attached hydrogens (primary N) is 1. The molecule has 20 heavy (non-hydrogen) atoms. The quantitative estimate of drug-likeness (QED) is 0.906. The molecule has 1 aliphatic heterocycles. The minimum absolute atomic E-state index is 0.263. The van der Waals surface area contributed by atoms with Crippen molar-refractivity contribution in [1.82, 2.24) is 0 Å². The lowest BCUT2D eigenvalue weighted by atomic mass is 9.69. The molecule has 1 aliphatic carbocycles. The van der Waals surface area contributed by atoms with Crippen molar-refractivity contribution in [2.24, 2.45) is 5.73 Å². The molecule has 0 spiro atoms. The monoisotopic (exact) mass is 272 g/mol. The van der Waals surface area contributed by atoms with E-state index in [1.165, 1.54) is 75.7 Å². The molecule has 1 aromatic carbocycles. The Morgan fingerprint density at radius 2 is 1.45 bits per heavy atom. The molecule has 2 nitrogen and oxygen atoms in total. The predicted octanol–water partition coefficient (Wildman–Crippen LogP) is 3.84. The molecule has 0 atom stereocenters. The average molecular weight is 272 g/mol. The minimum Gasteiger partial charge on any atom is -0.372 e. The number of piperidine rings is 1. The summed E-state index contributed by atoms with van der Waals surface area (Å²) in [5, 5.41) is 0. The highest BCUT2D eigenvalue weighted by Gasteiger charge is 2.32. The molecule has 2 fully saturated rings. The standard InChI is InChI=1S/C18H28N2/c19-15-18(11-3-1-4-12-18)16-7-9-17(10-8-16)20-13-5-2-6-14-20/h7-10H,1-6,11-15,19H2. The summed E-state index contributed by atoms with van der Waals surface area (Å²) < 4.78 is 0. The Bertz CT molecular complexity index is 412. The smallest absolute Gasteiger partial charge is 0.0366 e.